The molecule has 0 bridgehead atoms. The van der Waals surface area contributed by atoms with Crippen LogP contribution in [0.3, 0.4) is 0 Å². The smallest absolute Gasteiger partial charge is 0.208 e. The maximum Gasteiger partial charge on any atom is 0.208 e. The third-order valence-corrected chi connectivity index (χ3v) is 15.5. The predicted octanol–water partition coefficient (Wildman–Crippen LogP) is 11.9. The van der Waals surface area contributed by atoms with Gasteiger partial charge in [0.1, 0.15) is 0 Å². The van der Waals surface area contributed by atoms with Crippen molar-refractivity contribution < 1.29 is 8.42 Å². The normalized spacial score (nSPS) is 15.5. The minimum absolute atomic E-state index is 0.0325. The molecule has 2 nitrogen and oxygen atoms in total. The van der Waals surface area contributed by atoms with Crippen LogP contribution in [-0.2, 0) is 20.7 Å². The third-order valence-electron chi connectivity index (χ3n) is 12.5. The molecule has 3 aliphatic rings. The molecule has 1 aliphatic heterocycles. The highest BCUT2D eigenvalue weighted by molar-refractivity contribution is 7.96. The summed E-state index contributed by atoms with van der Waals surface area (Å²) >= 11 is 1.89. The second kappa shape index (κ2) is 11.5. The van der Waals surface area contributed by atoms with Gasteiger partial charge < -0.3 is 0 Å². The number of hydrogen-bond donors (Lipinski definition) is 0. The number of rotatable bonds is 2. The Balaban J connectivity index is 1.33. The van der Waals surface area contributed by atoms with Gasteiger partial charge in [-0.2, -0.15) is 0 Å². The average molecular weight is 767 g/mol. The van der Waals surface area contributed by atoms with E-state index >= 15 is 0 Å². The van der Waals surface area contributed by atoms with Crippen LogP contribution in [0.15, 0.2) is 107 Å². The van der Waals surface area contributed by atoms with Crippen LogP contribution in [-0.4, -0.2) is 8.42 Å². The number of thiophene rings is 1. The van der Waals surface area contributed by atoms with Crippen LogP contribution in [0.4, 0.5) is 0 Å². The van der Waals surface area contributed by atoms with Gasteiger partial charge in [0.2, 0.25) is 9.84 Å². The summed E-state index contributed by atoms with van der Waals surface area (Å²) in [7, 11) is -3.78. The Morgan fingerprint density at radius 2 is 1.00 bits per heavy atom. The lowest BCUT2D eigenvalue weighted by atomic mass is 9.82. The van der Waals surface area contributed by atoms with Gasteiger partial charge in [0.25, 0.3) is 0 Å². The molecule has 2 heterocycles. The molecule has 4 heteroatoms. The molecule has 0 radical (unpaired) electrons. The second-order valence-electron chi connectivity index (χ2n) is 18.4. The van der Waals surface area contributed by atoms with Crippen LogP contribution in [0.5, 0.6) is 0 Å². The fourth-order valence-electron chi connectivity index (χ4n) is 9.79. The molecule has 0 unspecified atom stereocenters. The van der Waals surface area contributed by atoms with Gasteiger partial charge in [-0.1, -0.05) is 102 Å². The molecule has 0 fully saturated rings. The molecule has 6 aromatic carbocycles. The van der Waals surface area contributed by atoms with Crippen LogP contribution < -0.4 is 10.4 Å². The van der Waals surface area contributed by atoms with E-state index in [1.54, 1.807) is 6.07 Å². The fourth-order valence-corrected chi connectivity index (χ4v) is 13.0. The zero-order chi connectivity index (χ0) is 39.4. The first-order valence-corrected chi connectivity index (χ1v) is 22.0. The van der Waals surface area contributed by atoms with Gasteiger partial charge >= 0.3 is 0 Å². The van der Waals surface area contributed by atoms with E-state index in [1.807, 2.05) is 29.5 Å². The van der Waals surface area contributed by atoms with E-state index in [9.17, 15) is 8.42 Å². The molecular weight excluding hydrogens is 721 g/mol. The van der Waals surface area contributed by atoms with Gasteiger partial charge in [0.15, 0.2) is 0 Å². The van der Waals surface area contributed by atoms with Crippen molar-refractivity contribution in [3.63, 3.8) is 0 Å². The molecule has 0 spiro atoms. The number of allylic oxidation sites excluding steroid dienone is 1. The van der Waals surface area contributed by atoms with Crippen LogP contribution in [0.25, 0.3) is 48.7 Å². The monoisotopic (exact) mass is 766 g/mol. The van der Waals surface area contributed by atoms with E-state index in [2.05, 4.69) is 142 Å². The Kier molecular flexibility index (Phi) is 7.28. The highest BCUT2D eigenvalue weighted by Crippen LogP contribution is 2.52. The van der Waals surface area contributed by atoms with E-state index < -0.39 is 9.84 Å². The number of aryl methyl sites for hydroxylation is 4. The van der Waals surface area contributed by atoms with E-state index in [-0.39, 0.29) is 10.8 Å². The molecule has 278 valence electrons. The summed E-state index contributed by atoms with van der Waals surface area (Å²) in [4.78, 5) is 2.19. The van der Waals surface area contributed by atoms with Crippen molar-refractivity contribution in [3.05, 3.63) is 173 Å². The number of hydrogen-bond acceptors (Lipinski definition) is 3. The Bertz CT molecular complexity index is 3200. The summed E-state index contributed by atoms with van der Waals surface area (Å²) in [6.07, 6.45) is 0. The maximum absolute atomic E-state index is 14.7. The molecule has 0 atom stereocenters. The molecular formula is C52H46O2S2. The SMILES string of the molecule is Cc1cc(C(C)(C)C)cc(C)c1C1=c2cc3cc4c(cc3cc2C2=C1S(=O)(=O)c1ccccc12)=C(c1c(C)cc(C(C)(C)C)cc1C)c1sc2ccccc2c1-4. The summed E-state index contributed by atoms with van der Waals surface area (Å²) in [5.74, 6) is 0. The largest absolute Gasteiger partial charge is 0.218 e. The summed E-state index contributed by atoms with van der Waals surface area (Å²) in [6.45, 7) is 22.4. The molecule has 7 aromatic rings. The van der Waals surface area contributed by atoms with E-state index in [0.717, 1.165) is 55.0 Å². The van der Waals surface area contributed by atoms with Gasteiger partial charge in [-0.3, -0.25) is 0 Å². The van der Waals surface area contributed by atoms with Gasteiger partial charge in [0.05, 0.1) is 9.80 Å². The summed E-state index contributed by atoms with van der Waals surface area (Å²) in [5.41, 5.74) is 17.1. The first-order chi connectivity index (χ1) is 26.4. The Morgan fingerprint density at radius 1 is 0.500 bits per heavy atom. The van der Waals surface area contributed by atoms with Crippen LogP contribution in [0, 0.1) is 27.7 Å². The summed E-state index contributed by atoms with van der Waals surface area (Å²) in [5, 5.41) is 5.77. The molecule has 2 aliphatic carbocycles. The Labute approximate surface area is 334 Å². The van der Waals surface area contributed by atoms with Crippen molar-refractivity contribution in [3.8, 4) is 11.1 Å². The van der Waals surface area contributed by atoms with Crippen molar-refractivity contribution in [2.45, 2.75) is 85.0 Å². The number of fused-ring (bicyclic) bond motifs is 10. The summed E-state index contributed by atoms with van der Waals surface area (Å²) in [6, 6.07) is 35.0. The van der Waals surface area contributed by atoms with Gasteiger partial charge in [-0.25, -0.2) is 8.42 Å². The molecule has 10 rings (SSSR count). The van der Waals surface area contributed by atoms with E-state index in [1.165, 1.54) is 64.7 Å². The van der Waals surface area contributed by atoms with Gasteiger partial charge in [-0.15, -0.1) is 11.3 Å². The lowest BCUT2D eigenvalue weighted by Gasteiger charge is -2.23. The van der Waals surface area contributed by atoms with Crippen LogP contribution in [0.2, 0.25) is 0 Å². The number of sulfone groups is 1. The standard InChI is InChI=1S/C52H46O2S2/c1-27-19-33(51(5,6)7)20-28(2)43(27)47-39-25-32-24-38-40(26-31(32)23-37(39)45-35-15-11-13-17-41(35)55-49(45)47)48(44-29(3)21-34(22-30(44)4)52(8,9)10)50-46(38)36-16-12-14-18-42(36)56(50,53)54/h11-26H,1-10H3. The molecule has 0 N–H and O–H groups in total. The lowest BCUT2D eigenvalue weighted by Crippen LogP contribution is -2.17. The van der Waals surface area contributed by atoms with Crippen LogP contribution in [0.1, 0.15) is 102 Å². The molecule has 0 saturated carbocycles. The highest BCUT2D eigenvalue weighted by atomic mass is 32.2. The van der Waals surface area contributed by atoms with Crippen LogP contribution >= 0.6 is 11.3 Å². The quantitative estimate of drug-likeness (QED) is 0.176. The van der Waals surface area contributed by atoms with Crippen molar-refractivity contribution in [1.29, 1.82) is 0 Å². The van der Waals surface area contributed by atoms with Crippen molar-refractivity contribution >= 4 is 58.8 Å². The highest BCUT2D eigenvalue weighted by Gasteiger charge is 2.43. The molecule has 0 saturated heterocycles. The minimum atomic E-state index is -3.78. The minimum Gasteiger partial charge on any atom is -0.218 e. The third kappa shape index (κ3) is 4.82. The van der Waals surface area contributed by atoms with Crippen molar-refractivity contribution in [2.75, 3.05) is 0 Å². The molecule has 0 amide bonds. The first-order valence-electron chi connectivity index (χ1n) is 19.7. The van der Waals surface area contributed by atoms with Gasteiger partial charge in [-0.05, 0) is 152 Å². The predicted molar refractivity (Wildman–Crippen MR) is 237 cm³/mol. The second-order valence-corrected chi connectivity index (χ2v) is 21.3. The van der Waals surface area contributed by atoms with Gasteiger partial charge in [0, 0.05) is 42.8 Å². The fraction of sp³-hybridized carbons (Fsp3) is 0.231. The van der Waals surface area contributed by atoms with Crippen molar-refractivity contribution in [1.82, 2.24) is 0 Å². The van der Waals surface area contributed by atoms with Crippen molar-refractivity contribution in [2.24, 2.45) is 0 Å². The zero-order valence-electron chi connectivity index (χ0n) is 33.9. The lowest BCUT2D eigenvalue weighted by molar-refractivity contribution is 0.589. The Morgan fingerprint density at radius 3 is 1.59 bits per heavy atom. The molecule has 1 aromatic heterocycles. The maximum atomic E-state index is 14.7. The van der Waals surface area contributed by atoms with E-state index in [0.29, 0.717) is 9.80 Å². The zero-order valence-corrected chi connectivity index (χ0v) is 35.5. The first kappa shape index (κ1) is 35.4. The summed E-state index contributed by atoms with van der Waals surface area (Å²) < 4.78 is 30.7. The average Bonchev–Trinajstić information content (AvgIpc) is 3.81. The topological polar surface area (TPSA) is 34.1 Å². The number of benzene rings is 6. The van der Waals surface area contributed by atoms with E-state index in [4.69, 9.17) is 0 Å². The Hall–Kier alpha value is -5.03. The molecule has 56 heavy (non-hydrogen) atoms.